The molecule has 0 saturated heterocycles. The van der Waals surface area contributed by atoms with Crippen LogP contribution in [-0.4, -0.2) is 39.8 Å². The number of anilines is 1. The van der Waals surface area contributed by atoms with Gasteiger partial charge in [-0.05, 0) is 30.2 Å². The number of aliphatic carboxylic acids is 1. The van der Waals surface area contributed by atoms with Gasteiger partial charge in [0, 0.05) is 12.5 Å². The highest BCUT2D eigenvalue weighted by molar-refractivity contribution is 7.93. The maximum Gasteiger partial charge on any atom is 0.327 e. The standard InChI is InChI=1S/C18H19NO6S/c1-11-8-15(24-2)16(25-3)10-17(11)26(22,23)19-13-7-5-4-6-12(13)9-14(19)18(20)21/h4-8,10,14H,9H2,1-3H3,(H,20,21)/t14-/m0/s1. The molecule has 26 heavy (non-hydrogen) atoms. The molecular weight excluding hydrogens is 358 g/mol. The maximum absolute atomic E-state index is 13.4. The van der Waals surface area contributed by atoms with Crippen molar-refractivity contribution in [2.75, 3.05) is 18.5 Å². The van der Waals surface area contributed by atoms with E-state index in [2.05, 4.69) is 0 Å². The number of methoxy groups -OCH3 is 2. The van der Waals surface area contributed by atoms with Gasteiger partial charge < -0.3 is 14.6 Å². The first-order valence-electron chi connectivity index (χ1n) is 7.89. The van der Waals surface area contributed by atoms with E-state index in [9.17, 15) is 18.3 Å². The maximum atomic E-state index is 13.4. The summed E-state index contributed by atoms with van der Waals surface area (Å²) in [5.41, 5.74) is 1.51. The number of carboxylic acid groups (broad SMARTS) is 1. The van der Waals surface area contributed by atoms with Crippen molar-refractivity contribution >= 4 is 21.7 Å². The zero-order valence-electron chi connectivity index (χ0n) is 14.6. The zero-order chi connectivity index (χ0) is 19.1. The van der Waals surface area contributed by atoms with Crippen molar-refractivity contribution in [2.24, 2.45) is 0 Å². The van der Waals surface area contributed by atoms with Crippen molar-refractivity contribution in [3.05, 3.63) is 47.5 Å². The summed E-state index contributed by atoms with van der Waals surface area (Å²) < 4.78 is 38.1. The minimum Gasteiger partial charge on any atom is -0.493 e. The number of carbonyl (C=O) groups is 1. The van der Waals surface area contributed by atoms with E-state index < -0.39 is 22.0 Å². The second-order valence-corrected chi connectivity index (χ2v) is 7.74. The number of aryl methyl sites for hydroxylation is 1. The molecule has 1 heterocycles. The third kappa shape index (κ3) is 2.76. The minimum atomic E-state index is -4.12. The highest BCUT2D eigenvalue weighted by Crippen LogP contribution is 2.40. The number of nitrogens with zero attached hydrogens (tertiary/aromatic N) is 1. The summed E-state index contributed by atoms with van der Waals surface area (Å²) in [6, 6.07) is 8.54. The molecule has 138 valence electrons. The Kier molecular flexibility index (Phi) is 4.53. The van der Waals surface area contributed by atoms with Crippen molar-refractivity contribution in [3.63, 3.8) is 0 Å². The average molecular weight is 377 g/mol. The first-order chi connectivity index (χ1) is 12.3. The van der Waals surface area contributed by atoms with Crippen LogP contribution < -0.4 is 13.8 Å². The van der Waals surface area contributed by atoms with Gasteiger partial charge in [-0.15, -0.1) is 0 Å². The highest BCUT2D eigenvalue weighted by Gasteiger charge is 2.43. The number of fused-ring (bicyclic) bond motifs is 1. The highest BCUT2D eigenvalue weighted by atomic mass is 32.2. The molecule has 1 N–H and O–H groups in total. The van der Waals surface area contributed by atoms with Crippen LogP contribution in [0.15, 0.2) is 41.3 Å². The smallest absolute Gasteiger partial charge is 0.327 e. The van der Waals surface area contributed by atoms with Gasteiger partial charge in [0.25, 0.3) is 10.0 Å². The number of hydrogen-bond donors (Lipinski definition) is 1. The van der Waals surface area contributed by atoms with Crippen molar-refractivity contribution in [3.8, 4) is 11.5 Å². The normalized spacial score (nSPS) is 16.3. The quantitative estimate of drug-likeness (QED) is 0.859. The molecule has 0 spiro atoms. The summed E-state index contributed by atoms with van der Waals surface area (Å²) >= 11 is 0. The number of hydrogen-bond acceptors (Lipinski definition) is 5. The van der Waals surface area contributed by atoms with Crippen molar-refractivity contribution in [1.82, 2.24) is 0 Å². The van der Waals surface area contributed by atoms with Gasteiger partial charge in [0.05, 0.1) is 24.8 Å². The van der Waals surface area contributed by atoms with Crippen molar-refractivity contribution < 1.29 is 27.8 Å². The van der Waals surface area contributed by atoms with E-state index >= 15 is 0 Å². The van der Waals surface area contributed by atoms with E-state index in [0.717, 1.165) is 4.31 Å². The third-order valence-corrected chi connectivity index (χ3v) is 6.39. The molecule has 1 aliphatic heterocycles. The molecule has 0 unspecified atom stereocenters. The molecule has 7 nitrogen and oxygen atoms in total. The molecule has 2 aromatic carbocycles. The van der Waals surface area contributed by atoms with E-state index in [4.69, 9.17) is 9.47 Å². The first kappa shape index (κ1) is 18.1. The minimum absolute atomic E-state index is 0.0156. The van der Waals surface area contributed by atoms with E-state index in [1.807, 2.05) is 0 Å². The second-order valence-electron chi connectivity index (χ2n) is 5.96. The Bertz CT molecular complexity index is 970. The largest absolute Gasteiger partial charge is 0.493 e. The summed E-state index contributed by atoms with van der Waals surface area (Å²) in [5.74, 6) is -0.528. The molecule has 0 aliphatic carbocycles. The zero-order valence-corrected chi connectivity index (χ0v) is 15.4. The fourth-order valence-corrected chi connectivity index (χ4v) is 5.06. The van der Waals surface area contributed by atoms with Gasteiger partial charge in [-0.3, -0.25) is 4.31 Å². The summed E-state index contributed by atoms with van der Waals surface area (Å²) in [7, 11) is -1.25. The Hall–Kier alpha value is -2.74. The number of ether oxygens (including phenoxy) is 2. The number of para-hydroxylation sites is 1. The number of benzene rings is 2. The van der Waals surface area contributed by atoms with Crippen LogP contribution in [0.25, 0.3) is 0 Å². The Morgan fingerprint density at radius 3 is 2.38 bits per heavy atom. The first-order valence-corrected chi connectivity index (χ1v) is 9.33. The van der Waals surface area contributed by atoms with Gasteiger partial charge in [-0.25, -0.2) is 13.2 Å². The predicted molar refractivity (Wildman–Crippen MR) is 95.5 cm³/mol. The summed E-state index contributed by atoms with van der Waals surface area (Å²) in [5, 5.41) is 9.57. The van der Waals surface area contributed by atoms with Gasteiger partial charge >= 0.3 is 5.97 Å². The Labute approximate surface area is 151 Å². The van der Waals surface area contributed by atoms with Crippen LogP contribution in [0.3, 0.4) is 0 Å². The van der Waals surface area contributed by atoms with Crippen LogP contribution in [-0.2, 0) is 21.2 Å². The van der Waals surface area contributed by atoms with E-state index in [-0.39, 0.29) is 17.1 Å². The SMILES string of the molecule is COc1cc(C)c(S(=O)(=O)N2c3ccccc3C[C@H]2C(=O)O)cc1OC. The van der Waals surface area contributed by atoms with Gasteiger partial charge in [-0.2, -0.15) is 0 Å². The lowest BCUT2D eigenvalue weighted by Gasteiger charge is -2.25. The van der Waals surface area contributed by atoms with Crippen LogP contribution in [0.4, 0.5) is 5.69 Å². The molecule has 0 aromatic heterocycles. The fraction of sp³-hybridized carbons (Fsp3) is 0.278. The Balaban J connectivity index is 2.20. The van der Waals surface area contributed by atoms with E-state index in [0.29, 0.717) is 22.6 Å². The number of rotatable bonds is 5. The van der Waals surface area contributed by atoms with Crippen LogP contribution in [0.1, 0.15) is 11.1 Å². The van der Waals surface area contributed by atoms with Gasteiger partial charge in [0.15, 0.2) is 11.5 Å². The molecule has 0 fully saturated rings. The Morgan fingerprint density at radius 2 is 1.77 bits per heavy atom. The predicted octanol–water partition coefficient (Wildman–Crippen LogP) is 2.22. The molecule has 0 amide bonds. The molecule has 1 aliphatic rings. The van der Waals surface area contributed by atoms with E-state index in [1.165, 1.54) is 20.3 Å². The van der Waals surface area contributed by atoms with Crippen molar-refractivity contribution in [1.29, 1.82) is 0 Å². The van der Waals surface area contributed by atoms with Gasteiger partial charge in [-0.1, -0.05) is 18.2 Å². The van der Waals surface area contributed by atoms with Crippen LogP contribution in [0, 0.1) is 6.92 Å². The molecule has 8 heteroatoms. The molecular formula is C18H19NO6S. The van der Waals surface area contributed by atoms with E-state index in [1.54, 1.807) is 37.3 Å². The van der Waals surface area contributed by atoms with Crippen LogP contribution in [0.5, 0.6) is 11.5 Å². The average Bonchev–Trinajstić information content (AvgIpc) is 3.01. The topological polar surface area (TPSA) is 93.1 Å². The molecule has 0 radical (unpaired) electrons. The molecule has 0 saturated carbocycles. The molecule has 1 atom stereocenters. The van der Waals surface area contributed by atoms with Crippen molar-refractivity contribution in [2.45, 2.75) is 24.3 Å². The number of carboxylic acids is 1. The van der Waals surface area contributed by atoms with Gasteiger partial charge in [0.2, 0.25) is 0 Å². The third-order valence-electron chi connectivity index (χ3n) is 4.43. The molecule has 3 rings (SSSR count). The Morgan fingerprint density at radius 1 is 1.15 bits per heavy atom. The monoisotopic (exact) mass is 377 g/mol. The lowest BCUT2D eigenvalue weighted by atomic mass is 10.1. The fourth-order valence-electron chi connectivity index (χ4n) is 3.19. The number of sulfonamides is 1. The van der Waals surface area contributed by atoms with Gasteiger partial charge in [0.1, 0.15) is 6.04 Å². The van der Waals surface area contributed by atoms with Crippen LogP contribution in [0.2, 0.25) is 0 Å². The molecule has 2 aromatic rings. The lowest BCUT2D eigenvalue weighted by molar-refractivity contribution is -0.138. The summed E-state index contributed by atoms with van der Waals surface area (Å²) in [6.45, 7) is 1.63. The second kappa shape index (κ2) is 6.53. The lowest BCUT2D eigenvalue weighted by Crippen LogP contribution is -2.43. The molecule has 0 bridgehead atoms. The summed E-state index contributed by atoms with van der Waals surface area (Å²) in [4.78, 5) is 11.7. The van der Waals surface area contributed by atoms with Crippen LogP contribution >= 0.6 is 0 Å². The summed E-state index contributed by atoms with van der Waals surface area (Å²) in [6.07, 6.45) is 0.122.